The summed E-state index contributed by atoms with van der Waals surface area (Å²) >= 11 is 5.89. The molecule has 19 heavy (non-hydrogen) atoms. The summed E-state index contributed by atoms with van der Waals surface area (Å²) in [6.45, 7) is 7.75. The molecule has 0 bridgehead atoms. The Morgan fingerprint density at radius 3 is 2.32 bits per heavy atom. The number of aliphatic carboxylic acids is 1. The van der Waals surface area contributed by atoms with Crippen LogP contribution in [0.4, 0.5) is 0 Å². The Morgan fingerprint density at radius 1 is 1.26 bits per heavy atom. The normalized spacial score (nSPS) is 24.6. The zero-order valence-electron chi connectivity index (χ0n) is 11.6. The van der Waals surface area contributed by atoms with Crippen molar-refractivity contribution in [3.8, 4) is 0 Å². The summed E-state index contributed by atoms with van der Waals surface area (Å²) in [7, 11) is 0. The molecule has 0 aliphatic carbocycles. The molecule has 4 heteroatoms. The molecule has 1 N–H and O–H groups in total. The van der Waals surface area contributed by atoms with Crippen LogP contribution in [0.1, 0.15) is 32.3 Å². The predicted molar refractivity (Wildman–Crippen MR) is 76.6 cm³/mol. The van der Waals surface area contributed by atoms with Gasteiger partial charge < -0.3 is 5.11 Å². The molecular weight excluding hydrogens is 262 g/mol. The Kier molecular flexibility index (Phi) is 3.88. The van der Waals surface area contributed by atoms with Crippen molar-refractivity contribution < 1.29 is 9.90 Å². The van der Waals surface area contributed by atoms with Gasteiger partial charge in [-0.3, -0.25) is 9.69 Å². The second-order valence-corrected chi connectivity index (χ2v) is 6.62. The lowest BCUT2D eigenvalue weighted by Crippen LogP contribution is -2.40. The van der Waals surface area contributed by atoms with Crippen LogP contribution in [0, 0.1) is 5.92 Å². The van der Waals surface area contributed by atoms with Gasteiger partial charge in [-0.25, -0.2) is 0 Å². The van der Waals surface area contributed by atoms with Gasteiger partial charge in [0, 0.05) is 29.6 Å². The van der Waals surface area contributed by atoms with Crippen molar-refractivity contribution >= 4 is 17.6 Å². The molecule has 1 aliphatic heterocycles. The summed E-state index contributed by atoms with van der Waals surface area (Å²) in [5.74, 6) is -1.03. The highest BCUT2D eigenvalue weighted by atomic mass is 35.5. The molecule has 1 aliphatic rings. The largest absolute Gasteiger partial charge is 0.481 e. The van der Waals surface area contributed by atoms with Crippen LogP contribution in [-0.2, 0) is 4.79 Å². The summed E-state index contributed by atoms with van der Waals surface area (Å²) < 4.78 is 0. The standard InChI is InChI=1S/C15H20ClNO2/c1-15(2,3)17-8-12(13(9-17)14(18)19)10-4-6-11(16)7-5-10/h4-7,12-13H,8-9H2,1-3H3,(H,18,19)/t12-,13+/m1/s1. The minimum atomic E-state index is -0.716. The number of rotatable bonds is 2. The predicted octanol–water partition coefficient (Wildman–Crippen LogP) is 3.24. The quantitative estimate of drug-likeness (QED) is 0.905. The smallest absolute Gasteiger partial charge is 0.308 e. The lowest BCUT2D eigenvalue weighted by atomic mass is 9.89. The minimum Gasteiger partial charge on any atom is -0.481 e. The topological polar surface area (TPSA) is 40.5 Å². The molecule has 0 aromatic heterocycles. The first-order chi connectivity index (χ1) is 8.79. The van der Waals surface area contributed by atoms with E-state index in [0.29, 0.717) is 11.6 Å². The fourth-order valence-electron chi connectivity index (χ4n) is 2.65. The number of hydrogen-bond acceptors (Lipinski definition) is 2. The molecule has 0 saturated carbocycles. The van der Waals surface area contributed by atoms with Gasteiger partial charge in [0.25, 0.3) is 0 Å². The van der Waals surface area contributed by atoms with E-state index in [1.807, 2.05) is 24.3 Å². The van der Waals surface area contributed by atoms with Crippen molar-refractivity contribution in [2.24, 2.45) is 5.92 Å². The zero-order chi connectivity index (χ0) is 14.2. The maximum Gasteiger partial charge on any atom is 0.308 e. The molecule has 2 rings (SSSR count). The van der Waals surface area contributed by atoms with Crippen molar-refractivity contribution in [3.05, 3.63) is 34.9 Å². The molecule has 0 amide bonds. The van der Waals surface area contributed by atoms with Gasteiger partial charge in [-0.2, -0.15) is 0 Å². The van der Waals surface area contributed by atoms with E-state index in [-0.39, 0.29) is 17.4 Å². The molecular formula is C15H20ClNO2. The summed E-state index contributed by atoms with van der Waals surface area (Å²) in [6, 6.07) is 7.54. The first-order valence-electron chi connectivity index (χ1n) is 6.52. The monoisotopic (exact) mass is 281 g/mol. The van der Waals surface area contributed by atoms with E-state index >= 15 is 0 Å². The number of benzene rings is 1. The second-order valence-electron chi connectivity index (χ2n) is 6.18. The first kappa shape index (κ1) is 14.4. The van der Waals surface area contributed by atoms with E-state index in [1.165, 1.54) is 0 Å². The van der Waals surface area contributed by atoms with Crippen molar-refractivity contribution in [1.29, 1.82) is 0 Å². The Balaban J connectivity index is 2.27. The summed E-state index contributed by atoms with van der Waals surface area (Å²) in [5.41, 5.74) is 1.05. The van der Waals surface area contributed by atoms with Gasteiger partial charge in [-0.15, -0.1) is 0 Å². The van der Waals surface area contributed by atoms with Crippen LogP contribution in [-0.4, -0.2) is 34.6 Å². The molecule has 1 saturated heterocycles. The third-order valence-corrected chi connectivity index (χ3v) is 4.14. The van der Waals surface area contributed by atoms with E-state index in [2.05, 4.69) is 25.7 Å². The Morgan fingerprint density at radius 2 is 1.84 bits per heavy atom. The van der Waals surface area contributed by atoms with E-state index in [4.69, 9.17) is 11.6 Å². The molecule has 0 unspecified atom stereocenters. The van der Waals surface area contributed by atoms with E-state index in [0.717, 1.165) is 12.1 Å². The van der Waals surface area contributed by atoms with Crippen LogP contribution >= 0.6 is 11.6 Å². The van der Waals surface area contributed by atoms with Crippen LogP contribution in [0.15, 0.2) is 24.3 Å². The number of nitrogens with zero attached hydrogens (tertiary/aromatic N) is 1. The highest BCUT2D eigenvalue weighted by Gasteiger charge is 2.41. The second kappa shape index (κ2) is 5.14. The van der Waals surface area contributed by atoms with Crippen LogP contribution in [0.5, 0.6) is 0 Å². The van der Waals surface area contributed by atoms with Gasteiger partial charge in [-0.1, -0.05) is 23.7 Å². The fourth-order valence-corrected chi connectivity index (χ4v) is 2.78. The third-order valence-electron chi connectivity index (χ3n) is 3.88. The first-order valence-corrected chi connectivity index (χ1v) is 6.90. The molecule has 2 atom stereocenters. The number of carbonyl (C=O) groups is 1. The van der Waals surface area contributed by atoms with Crippen molar-refractivity contribution in [1.82, 2.24) is 4.90 Å². The average molecular weight is 282 g/mol. The molecule has 3 nitrogen and oxygen atoms in total. The minimum absolute atomic E-state index is 0.00508. The fraction of sp³-hybridized carbons (Fsp3) is 0.533. The van der Waals surface area contributed by atoms with Gasteiger partial charge in [-0.05, 0) is 38.5 Å². The van der Waals surface area contributed by atoms with Gasteiger partial charge in [0.2, 0.25) is 0 Å². The SMILES string of the molecule is CC(C)(C)N1C[C@H](C(=O)O)[C@@H](c2ccc(Cl)cc2)C1. The Hall–Kier alpha value is -1.06. The maximum absolute atomic E-state index is 11.5. The van der Waals surface area contributed by atoms with Crippen molar-refractivity contribution in [2.45, 2.75) is 32.2 Å². The average Bonchev–Trinajstić information content (AvgIpc) is 2.74. The maximum atomic E-state index is 11.5. The van der Waals surface area contributed by atoms with E-state index in [9.17, 15) is 9.90 Å². The molecule has 1 aromatic carbocycles. The van der Waals surface area contributed by atoms with Gasteiger partial charge in [0.05, 0.1) is 5.92 Å². The lowest BCUT2D eigenvalue weighted by Gasteiger charge is -2.31. The molecule has 104 valence electrons. The van der Waals surface area contributed by atoms with Crippen molar-refractivity contribution in [2.75, 3.05) is 13.1 Å². The Labute approximate surface area is 119 Å². The molecule has 0 radical (unpaired) electrons. The van der Waals surface area contributed by atoms with Gasteiger partial charge in [0.15, 0.2) is 0 Å². The molecule has 0 spiro atoms. The molecule has 1 fully saturated rings. The van der Waals surface area contributed by atoms with Crippen LogP contribution in [0.25, 0.3) is 0 Å². The Bertz CT molecular complexity index is 464. The summed E-state index contributed by atoms with van der Waals surface area (Å²) in [5, 5.41) is 10.1. The van der Waals surface area contributed by atoms with E-state index in [1.54, 1.807) is 0 Å². The van der Waals surface area contributed by atoms with Crippen molar-refractivity contribution in [3.63, 3.8) is 0 Å². The number of carboxylic acids is 1. The van der Waals surface area contributed by atoms with Crippen LogP contribution in [0.3, 0.4) is 0 Å². The number of likely N-dealkylation sites (tertiary alicyclic amines) is 1. The molecule has 1 heterocycles. The molecule has 1 aromatic rings. The van der Waals surface area contributed by atoms with Gasteiger partial charge in [0.1, 0.15) is 0 Å². The van der Waals surface area contributed by atoms with Crippen LogP contribution < -0.4 is 0 Å². The number of carboxylic acid groups (broad SMARTS) is 1. The summed E-state index contributed by atoms with van der Waals surface area (Å²) in [6.07, 6.45) is 0. The zero-order valence-corrected chi connectivity index (χ0v) is 12.3. The third kappa shape index (κ3) is 3.10. The number of halogens is 1. The summed E-state index contributed by atoms with van der Waals surface area (Å²) in [4.78, 5) is 13.7. The van der Waals surface area contributed by atoms with Gasteiger partial charge >= 0.3 is 5.97 Å². The van der Waals surface area contributed by atoms with E-state index < -0.39 is 5.97 Å². The number of hydrogen-bond donors (Lipinski definition) is 1. The lowest BCUT2D eigenvalue weighted by molar-refractivity contribution is -0.141. The van der Waals surface area contributed by atoms with Crippen LogP contribution in [0.2, 0.25) is 5.02 Å². The highest BCUT2D eigenvalue weighted by Crippen LogP contribution is 2.36. The highest BCUT2D eigenvalue weighted by molar-refractivity contribution is 6.30.